The highest BCUT2D eigenvalue weighted by molar-refractivity contribution is 5.61. The van der Waals surface area contributed by atoms with Gasteiger partial charge in [-0.3, -0.25) is 0 Å². The molecule has 0 radical (unpaired) electrons. The van der Waals surface area contributed by atoms with Gasteiger partial charge in [0.1, 0.15) is 5.82 Å². The molecule has 0 saturated heterocycles. The maximum absolute atomic E-state index is 13.0. The quantitative estimate of drug-likeness (QED) is 0.773. The second-order valence-electron chi connectivity index (χ2n) is 3.35. The van der Waals surface area contributed by atoms with E-state index in [1.807, 2.05) is 0 Å². The van der Waals surface area contributed by atoms with Crippen molar-refractivity contribution in [1.82, 2.24) is 10.1 Å². The first-order valence-corrected chi connectivity index (χ1v) is 4.75. The lowest BCUT2D eigenvalue weighted by Crippen LogP contribution is -2.08. The van der Waals surface area contributed by atoms with E-state index >= 15 is 0 Å². The van der Waals surface area contributed by atoms with Crippen molar-refractivity contribution in [2.45, 2.75) is 6.18 Å². The molecule has 1 heterocycles. The van der Waals surface area contributed by atoms with Gasteiger partial charge in [-0.15, -0.1) is 0 Å². The van der Waals surface area contributed by atoms with E-state index in [1.54, 1.807) is 0 Å². The van der Waals surface area contributed by atoms with Crippen molar-refractivity contribution in [1.29, 1.82) is 0 Å². The van der Waals surface area contributed by atoms with Crippen LogP contribution in [0.5, 0.6) is 0 Å². The molecular weight excluding hydrogens is 252 g/mol. The van der Waals surface area contributed by atoms with Crippen LogP contribution in [0.2, 0.25) is 0 Å². The second kappa shape index (κ2) is 4.25. The Labute approximate surface area is 98.7 Å². The lowest BCUT2D eigenvalue weighted by molar-refractivity contribution is -0.137. The van der Waals surface area contributed by atoms with Crippen molar-refractivity contribution in [2.24, 2.45) is 0 Å². The fourth-order valence-corrected chi connectivity index (χ4v) is 1.38. The summed E-state index contributed by atoms with van der Waals surface area (Å²) in [5.41, 5.74) is -1.50. The molecule has 0 fully saturated rings. The van der Waals surface area contributed by atoms with Crippen molar-refractivity contribution in [2.75, 3.05) is 0 Å². The molecule has 0 amide bonds. The van der Waals surface area contributed by atoms with Gasteiger partial charge in [0.05, 0.1) is 5.56 Å². The molecule has 0 aliphatic rings. The zero-order valence-electron chi connectivity index (χ0n) is 8.83. The minimum Gasteiger partial charge on any atom is -0.334 e. The summed E-state index contributed by atoms with van der Waals surface area (Å²) in [6, 6.07) is 2.07. The molecular formula is C11H6F4N2O. The van der Waals surface area contributed by atoms with E-state index in [9.17, 15) is 17.6 Å². The van der Waals surface area contributed by atoms with Crippen LogP contribution in [-0.4, -0.2) is 10.1 Å². The Hall–Kier alpha value is -2.18. The van der Waals surface area contributed by atoms with Crippen molar-refractivity contribution in [3.63, 3.8) is 0 Å². The third-order valence-electron chi connectivity index (χ3n) is 2.14. The van der Waals surface area contributed by atoms with Gasteiger partial charge in [-0.2, -0.15) is 18.2 Å². The monoisotopic (exact) mass is 258 g/mol. The van der Waals surface area contributed by atoms with Crippen LogP contribution in [-0.2, 0) is 6.18 Å². The number of hydrogen-bond acceptors (Lipinski definition) is 3. The molecule has 3 nitrogen and oxygen atoms in total. The van der Waals surface area contributed by atoms with Crippen LogP contribution in [0.15, 0.2) is 29.3 Å². The van der Waals surface area contributed by atoms with Crippen LogP contribution in [0.25, 0.3) is 17.5 Å². The summed E-state index contributed by atoms with van der Waals surface area (Å²) < 4.78 is 55.8. The van der Waals surface area contributed by atoms with E-state index in [2.05, 4.69) is 21.2 Å². The maximum atomic E-state index is 13.0. The van der Waals surface area contributed by atoms with Gasteiger partial charge in [0.25, 0.3) is 0 Å². The molecule has 0 spiro atoms. The SMILES string of the molecule is C=Cc1nc(-c2cc(F)ccc2C(F)(F)F)no1. The standard InChI is InChI=1S/C11H6F4N2O/c1-2-9-16-10(17-18-9)7-5-6(12)3-4-8(7)11(13,14)15/h2-5H,1H2. The number of rotatable bonds is 2. The lowest BCUT2D eigenvalue weighted by atomic mass is 10.1. The molecule has 0 unspecified atom stereocenters. The van der Waals surface area contributed by atoms with Gasteiger partial charge < -0.3 is 4.52 Å². The van der Waals surface area contributed by atoms with E-state index in [0.29, 0.717) is 12.1 Å². The van der Waals surface area contributed by atoms with Crippen molar-refractivity contribution >= 4 is 6.08 Å². The largest absolute Gasteiger partial charge is 0.417 e. The van der Waals surface area contributed by atoms with Crippen molar-refractivity contribution in [3.8, 4) is 11.4 Å². The molecule has 2 aromatic rings. The highest BCUT2D eigenvalue weighted by Gasteiger charge is 2.35. The van der Waals surface area contributed by atoms with Gasteiger partial charge >= 0.3 is 6.18 Å². The molecule has 0 saturated carbocycles. The summed E-state index contributed by atoms with van der Waals surface area (Å²) in [6.07, 6.45) is -3.44. The minimum absolute atomic E-state index is 0.0395. The maximum Gasteiger partial charge on any atom is 0.417 e. The molecule has 0 aliphatic heterocycles. The van der Waals surface area contributed by atoms with Gasteiger partial charge in [-0.05, 0) is 24.3 Å². The first-order chi connectivity index (χ1) is 8.41. The van der Waals surface area contributed by atoms with Crippen molar-refractivity contribution < 1.29 is 22.1 Å². The number of benzene rings is 1. The first kappa shape index (κ1) is 12.3. The topological polar surface area (TPSA) is 38.9 Å². The third-order valence-corrected chi connectivity index (χ3v) is 2.14. The number of halogens is 4. The second-order valence-corrected chi connectivity index (χ2v) is 3.35. The van der Waals surface area contributed by atoms with E-state index in [4.69, 9.17) is 0 Å². The molecule has 7 heteroatoms. The van der Waals surface area contributed by atoms with Gasteiger partial charge in [-0.25, -0.2) is 4.39 Å². The van der Waals surface area contributed by atoms with Crippen LogP contribution in [0.3, 0.4) is 0 Å². The Balaban J connectivity index is 2.61. The van der Waals surface area contributed by atoms with Crippen LogP contribution in [0, 0.1) is 5.82 Å². The zero-order chi connectivity index (χ0) is 13.3. The van der Waals surface area contributed by atoms with E-state index < -0.39 is 23.1 Å². The summed E-state index contributed by atoms with van der Waals surface area (Å²) in [5, 5.41) is 3.35. The van der Waals surface area contributed by atoms with Crippen LogP contribution in [0.1, 0.15) is 11.5 Å². The van der Waals surface area contributed by atoms with Crippen LogP contribution in [0.4, 0.5) is 17.6 Å². The molecule has 0 N–H and O–H groups in total. The summed E-state index contributed by atoms with van der Waals surface area (Å²) in [5.74, 6) is -1.19. The Bertz CT molecular complexity index is 589. The molecule has 1 aromatic carbocycles. The average Bonchev–Trinajstić information content (AvgIpc) is 2.75. The number of hydrogen-bond donors (Lipinski definition) is 0. The third kappa shape index (κ3) is 2.24. The minimum atomic E-state index is -4.63. The van der Waals surface area contributed by atoms with E-state index in [0.717, 1.165) is 6.07 Å². The number of nitrogens with zero attached hydrogens (tertiary/aromatic N) is 2. The molecule has 0 aliphatic carbocycles. The zero-order valence-corrected chi connectivity index (χ0v) is 8.83. The smallest absolute Gasteiger partial charge is 0.334 e. The summed E-state index contributed by atoms with van der Waals surface area (Å²) >= 11 is 0. The summed E-state index contributed by atoms with van der Waals surface area (Å²) in [7, 11) is 0. The molecule has 0 bridgehead atoms. The van der Waals surface area contributed by atoms with Gasteiger partial charge in [-0.1, -0.05) is 11.7 Å². The number of alkyl halides is 3. The molecule has 94 valence electrons. The molecule has 18 heavy (non-hydrogen) atoms. The van der Waals surface area contributed by atoms with Crippen molar-refractivity contribution in [3.05, 3.63) is 42.0 Å². The van der Waals surface area contributed by atoms with Gasteiger partial charge in [0.2, 0.25) is 11.7 Å². The Morgan fingerprint density at radius 2 is 2.00 bits per heavy atom. The summed E-state index contributed by atoms with van der Waals surface area (Å²) in [4.78, 5) is 3.65. The molecule has 2 rings (SSSR count). The Morgan fingerprint density at radius 1 is 1.28 bits per heavy atom. The fourth-order valence-electron chi connectivity index (χ4n) is 1.38. The van der Waals surface area contributed by atoms with E-state index in [1.165, 1.54) is 6.08 Å². The first-order valence-electron chi connectivity index (χ1n) is 4.75. The highest BCUT2D eigenvalue weighted by Crippen LogP contribution is 2.36. The van der Waals surface area contributed by atoms with Crippen LogP contribution < -0.4 is 0 Å². The highest BCUT2D eigenvalue weighted by atomic mass is 19.4. The molecule has 0 atom stereocenters. The van der Waals surface area contributed by atoms with Gasteiger partial charge in [0.15, 0.2) is 0 Å². The van der Waals surface area contributed by atoms with E-state index in [-0.39, 0.29) is 11.7 Å². The average molecular weight is 258 g/mol. The predicted octanol–water partition coefficient (Wildman–Crippen LogP) is 3.54. The predicted molar refractivity (Wildman–Crippen MR) is 54.8 cm³/mol. The van der Waals surface area contributed by atoms with Gasteiger partial charge in [0, 0.05) is 5.56 Å². The normalized spacial score (nSPS) is 11.6. The number of aromatic nitrogens is 2. The Kier molecular flexibility index (Phi) is 2.90. The summed E-state index contributed by atoms with van der Waals surface area (Å²) in [6.45, 7) is 3.33. The van der Waals surface area contributed by atoms with Crippen LogP contribution >= 0.6 is 0 Å². The molecule has 1 aromatic heterocycles. The lowest BCUT2D eigenvalue weighted by Gasteiger charge is -2.09. The fraction of sp³-hybridized carbons (Fsp3) is 0.0909. The Morgan fingerprint density at radius 3 is 2.56 bits per heavy atom.